The molecule has 1 atom stereocenters. The van der Waals surface area contributed by atoms with Gasteiger partial charge in [-0.15, -0.1) is 0 Å². The Morgan fingerprint density at radius 3 is 2.50 bits per heavy atom. The fourth-order valence-electron chi connectivity index (χ4n) is 2.52. The Bertz CT molecular complexity index is 384. The van der Waals surface area contributed by atoms with E-state index >= 15 is 0 Å². The predicted octanol–water partition coefficient (Wildman–Crippen LogP) is 4.57. The van der Waals surface area contributed by atoms with E-state index in [-0.39, 0.29) is 6.04 Å². The second-order valence-electron chi connectivity index (χ2n) is 5.20. The summed E-state index contributed by atoms with van der Waals surface area (Å²) in [5, 5.41) is 0. The summed E-state index contributed by atoms with van der Waals surface area (Å²) in [7, 11) is 0. The summed E-state index contributed by atoms with van der Waals surface area (Å²) >= 11 is 3.49. The van der Waals surface area contributed by atoms with Gasteiger partial charge in [0.05, 0.1) is 6.10 Å². The SMILES string of the molecule is C[C@@H](N)c1cc(Br)ccc1OC1CCCCCC1. The van der Waals surface area contributed by atoms with Crippen molar-refractivity contribution in [3.63, 3.8) is 0 Å². The minimum Gasteiger partial charge on any atom is -0.490 e. The van der Waals surface area contributed by atoms with Gasteiger partial charge in [0.1, 0.15) is 5.75 Å². The van der Waals surface area contributed by atoms with E-state index in [1.807, 2.05) is 19.1 Å². The summed E-state index contributed by atoms with van der Waals surface area (Å²) in [5.74, 6) is 0.958. The standard InChI is InChI=1S/C15H22BrNO/c1-11(17)14-10-12(16)8-9-15(14)18-13-6-4-2-3-5-7-13/h8-11,13H,2-7,17H2,1H3/t11-/m1/s1. The number of rotatable bonds is 3. The average molecular weight is 312 g/mol. The molecule has 100 valence electrons. The Hall–Kier alpha value is -0.540. The van der Waals surface area contributed by atoms with Gasteiger partial charge in [-0.05, 0) is 50.8 Å². The molecule has 0 amide bonds. The molecule has 0 heterocycles. The zero-order chi connectivity index (χ0) is 13.0. The van der Waals surface area contributed by atoms with Crippen LogP contribution in [0.15, 0.2) is 22.7 Å². The monoisotopic (exact) mass is 311 g/mol. The third kappa shape index (κ3) is 3.72. The number of benzene rings is 1. The van der Waals surface area contributed by atoms with E-state index in [4.69, 9.17) is 10.5 Å². The maximum atomic E-state index is 6.18. The van der Waals surface area contributed by atoms with Crippen LogP contribution in [0.5, 0.6) is 5.75 Å². The highest BCUT2D eigenvalue weighted by Gasteiger charge is 2.16. The second-order valence-corrected chi connectivity index (χ2v) is 6.12. The first-order chi connectivity index (χ1) is 8.66. The highest BCUT2D eigenvalue weighted by molar-refractivity contribution is 9.10. The van der Waals surface area contributed by atoms with Crippen molar-refractivity contribution >= 4 is 15.9 Å². The smallest absolute Gasteiger partial charge is 0.124 e. The Kier molecular flexibility index (Phi) is 5.07. The molecule has 0 bridgehead atoms. The van der Waals surface area contributed by atoms with Gasteiger partial charge in [-0.3, -0.25) is 0 Å². The fourth-order valence-corrected chi connectivity index (χ4v) is 2.90. The van der Waals surface area contributed by atoms with Gasteiger partial charge in [0.2, 0.25) is 0 Å². The van der Waals surface area contributed by atoms with Crippen LogP contribution in [0.1, 0.15) is 57.1 Å². The molecule has 0 aliphatic heterocycles. The highest BCUT2D eigenvalue weighted by atomic mass is 79.9. The van der Waals surface area contributed by atoms with E-state index in [0.29, 0.717) is 6.10 Å². The molecule has 0 saturated heterocycles. The molecule has 2 rings (SSSR count). The van der Waals surface area contributed by atoms with Crippen LogP contribution in [-0.2, 0) is 0 Å². The van der Waals surface area contributed by atoms with Gasteiger partial charge < -0.3 is 10.5 Å². The summed E-state index contributed by atoms with van der Waals surface area (Å²) < 4.78 is 7.24. The number of hydrogen-bond donors (Lipinski definition) is 1. The van der Waals surface area contributed by atoms with Gasteiger partial charge >= 0.3 is 0 Å². The van der Waals surface area contributed by atoms with E-state index in [0.717, 1.165) is 15.8 Å². The second kappa shape index (κ2) is 6.58. The summed E-state index contributed by atoms with van der Waals surface area (Å²) in [5.41, 5.74) is 7.11. The topological polar surface area (TPSA) is 35.2 Å². The molecular weight excluding hydrogens is 290 g/mol. The molecule has 2 N–H and O–H groups in total. The molecule has 3 heteroatoms. The molecule has 2 nitrogen and oxygen atoms in total. The van der Waals surface area contributed by atoms with Gasteiger partial charge in [0, 0.05) is 16.1 Å². The van der Waals surface area contributed by atoms with Crippen molar-refractivity contribution in [2.24, 2.45) is 5.73 Å². The molecule has 0 unspecified atom stereocenters. The lowest BCUT2D eigenvalue weighted by Gasteiger charge is -2.21. The number of ether oxygens (including phenoxy) is 1. The Balaban J connectivity index is 2.12. The van der Waals surface area contributed by atoms with E-state index in [1.165, 1.54) is 38.5 Å². The lowest BCUT2D eigenvalue weighted by molar-refractivity contribution is 0.181. The van der Waals surface area contributed by atoms with E-state index in [1.54, 1.807) is 0 Å². The minimum atomic E-state index is 0.00304. The number of nitrogens with two attached hydrogens (primary N) is 1. The molecule has 18 heavy (non-hydrogen) atoms. The van der Waals surface area contributed by atoms with Crippen LogP contribution in [0.3, 0.4) is 0 Å². The molecule has 1 saturated carbocycles. The van der Waals surface area contributed by atoms with Crippen molar-refractivity contribution < 1.29 is 4.74 Å². The molecule has 1 aromatic rings. The summed E-state index contributed by atoms with van der Waals surface area (Å²) in [4.78, 5) is 0. The summed E-state index contributed by atoms with van der Waals surface area (Å²) in [6.45, 7) is 2.00. The molecule has 0 radical (unpaired) electrons. The van der Waals surface area contributed by atoms with Gasteiger partial charge in [0.15, 0.2) is 0 Å². The average Bonchev–Trinajstić information content (AvgIpc) is 2.60. The van der Waals surface area contributed by atoms with E-state index < -0.39 is 0 Å². The van der Waals surface area contributed by atoms with Crippen molar-refractivity contribution in [1.29, 1.82) is 0 Å². The molecular formula is C15H22BrNO. The first kappa shape index (κ1) is 13.9. The molecule has 1 fully saturated rings. The summed E-state index contributed by atoms with van der Waals surface area (Å²) in [6.07, 6.45) is 7.98. The zero-order valence-electron chi connectivity index (χ0n) is 11.0. The third-order valence-electron chi connectivity index (χ3n) is 3.56. The predicted molar refractivity (Wildman–Crippen MR) is 78.9 cm³/mol. The van der Waals surface area contributed by atoms with Crippen molar-refractivity contribution in [1.82, 2.24) is 0 Å². The van der Waals surface area contributed by atoms with Gasteiger partial charge in [-0.1, -0.05) is 28.8 Å². The number of halogens is 1. The van der Waals surface area contributed by atoms with Crippen LogP contribution in [0.2, 0.25) is 0 Å². The van der Waals surface area contributed by atoms with Crippen molar-refractivity contribution in [3.05, 3.63) is 28.2 Å². The van der Waals surface area contributed by atoms with Crippen LogP contribution < -0.4 is 10.5 Å². The van der Waals surface area contributed by atoms with Crippen molar-refractivity contribution in [2.75, 3.05) is 0 Å². The van der Waals surface area contributed by atoms with Crippen LogP contribution in [0.4, 0.5) is 0 Å². The van der Waals surface area contributed by atoms with Gasteiger partial charge in [-0.2, -0.15) is 0 Å². The van der Waals surface area contributed by atoms with Gasteiger partial charge in [-0.25, -0.2) is 0 Å². The Morgan fingerprint density at radius 1 is 1.22 bits per heavy atom. The third-order valence-corrected chi connectivity index (χ3v) is 4.05. The van der Waals surface area contributed by atoms with Crippen molar-refractivity contribution in [2.45, 2.75) is 57.6 Å². The minimum absolute atomic E-state index is 0.00304. The number of hydrogen-bond acceptors (Lipinski definition) is 2. The van der Waals surface area contributed by atoms with Gasteiger partial charge in [0.25, 0.3) is 0 Å². The molecule has 0 spiro atoms. The van der Waals surface area contributed by atoms with Crippen LogP contribution >= 0.6 is 15.9 Å². The molecule has 1 aliphatic rings. The maximum absolute atomic E-state index is 6.18. The van der Waals surface area contributed by atoms with E-state index in [2.05, 4.69) is 22.0 Å². The van der Waals surface area contributed by atoms with Crippen LogP contribution in [0, 0.1) is 0 Å². The lowest BCUT2D eigenvalue weighted by Crippen LogP contribution is -2.17. The normalized spacial score (nSPS) is 19.3. The largest absolute Gasteiger partial charge is 0.490 e. The Labute approximate surface area is 118 Å². The maximum Gasteiger partial charge on any atom is 0.124 e. The fraction of sp³-hybridized carbons (Fsp3) is 0.600. The zero-order valence-corrected chi connectivity index (χ0v) is 12.6. The molecule has 1 aliphatic carbocycles. The molecule has 1 aromatic carbocycles. The van der Waals surface area contributed by atoms with E-state index in [9.17, 15) is 0 Å². The van der Waals surface area contributed by atoms with Crippen LogP contribution in [-0.4, -0.2) is 6.10 Å². The highest BCUT2D eigenvalue weighted by Crippen LogP contribution is 2.30. The first-order valence-electron chi connectivity index (χ1n) is 6.88. The Morgan fingerprint density at radius 2 is 1.89 bits per heavy atom. The molecule has 0 aromatic heterocycles. The van der Waals surface area contributed by atoms with Crippen molar-refractivity contribution in [3.8, 4) is 5.75 Å². The lowest BCUT2D eigenvalue weighted by atomic mass is 10.1. The summed E-state index contributed by atoms with van der Waals surface area (Å²) in [6, 6.07) is 6.13. The first-order valence-corrected chi connectivity index (χ1v) is 7.68. The quantitative estimate of drug-likeness (QED) is 0.830. The van der Waals surface area contributed by atoms with Crippen LogP contribution in [0.25, 0.3) is 0 Å².